The molecule has 1 N–H and O–H groups in total. The average Bonchev–Trinajstić information content (AvgIpc) is 3.18. The zero-order chi connectivity index (χ0) is 21.1. The molecule has 1 amide bonds. The third kappa shape index (κ3) is 5.02. The number of aryl methyl sites for hydroxylation is 2. The molecular weight excluding hydrogens is 409 g/mol. The van der Waals surface area contributed by atoms with Crippen LogP contribution in [-0.4, -0.2) is 30.9 Å². The molecule has 29 heavy (non-hydrogen) atoms. The smallest absolute Gasteiger partial charge is 0.239 e. The molecule has 0 fully saturated rings. The number of nitrogens with one attached hydrogen (secondary N) is 1. The Morgan fingerprint density at radius 2 is 1.97 bits per heavy atom. The van der Waals surface area contributed by atoms with Gasteiger partial charge in [-0.2, -0.15) is 0 Å². The van der Waals surface area contributed by atoms with E-state index in [-0.39, 0.29) is 11.7 Å². The molecule has 0 aliphatic heterocycles. The van der Waals surface area contributed by atoms with E-state index in [1.165, 1.54) is 29.2 Å². The predicted molar refractivity (Wildman–Crippen MR) is 116 cm³/mol. The Labute approximate surface area is 178 Å². The summed E-state index contributed by atoms with van der Waals surface area (Å²) in [4.78, 5) is 18.0. The Hall–Kier alpha value is -2.26. The molecule has 0 saturated carbocycles. The van der Waals surface area contributed by atoms with Crippen LogP contribution in [0, 0.1) is 25.6 Å². The van der Waals surface area contributed by atoms with Gasteiger partial charge >= 0.3 is 0 Å². The van der Waals surface area contributed by atoms with Gasteiger partial charge in [0.1, 0.15) is 5.82 Å². The number of thioether (sulfide) groups is 1. The second-order valence-electron chi connectivity index (χ2n) is 7.20. The summed E-state index contributed by atoms with van der Waals surface area (Å²) in [6, 6.07) is 6.51. The quantitative estimate of drug-likeness (QED) is 0.535. The summed E-state index contributed by atoms with van der Waals surface area (Å²) in [5.41, 5.74) is 1.31. The number of thiazole rings is 1. The molecule has 3 rings (SSSR count). The molecule has 0 saturated heterocycles. The van der Waals surface area contributed by atoms with Crippen molar-refractivity contribution in [1.29, 1.82) is 0 Å². The van der Waals surface area contributed by atoms with Crippen LogP contribution in [0.3, 0.4) is 0 Å². The van der Waals surface area contributed by atoms with Gasteiger partial charge in [0, 0.05) is 11.4 Å². The van der Waals surface area contributed by atoms with Crippen molar-refractivity contribution in [3.8, 4) is 11.4 Å². The van der Waals surface area contributed by atoms with E-state index < -0.39 is 5.25 Å². The van der Waals surface area contributed by atoms with E-state index >= 15 is 0 Å². The minimum Gasteiger partial charge on any atom is -0.302 e. The number of aromatic nitrogens is 4. The number of carbonyl (C=O) groups excluding carboxylic acids is 1. The molecule has 0 aliphatic carbocycles. The summed E-state index contributed by atoms with van der Waals surface area (Å²) in [5.74, 6) is 0.274. The molecule has 1 unspecified atom stereocenters. The summed E-state index contributed by atoms with van der Waals surface area (Å²) in [6.07, 6.45) is 0. The topological polar surface area (TPSA) is 72.7 Å². The third-order valence-electron chi connectivity index (χ3n) is 4.29. The molecule has 6 nitrogen and oxygen atoms in total. The molecule has 3 aromatic rings. The van der Waals surface area contributed by atoms with Gasteiger partial charge in [0.15, 0.2) is 16.1 Å². The second kappa shape index (κ2) is 9.04. The summed E-state index contributed by atoms with van der Waals surface area (Å²) in [7, 11) is 0. The first-order valence-electron chi connectivity index (χ1n) is 9.36. The van der Waals surface area contributed by atoms with Gasteiger partial charge in [-0.1, -0.05) is 37.7 Å². The standard InChI is InChI=1S/C20H24FN5OS2/c1-11(2)10-26-17(15-8-6-7-9-16(15)21)24-25-20(26)29-14(5)18(27)23-19-22-12(3)13(4)28-19/h6-9,11,14H,10H2,1-5H3,(H,22,23,27). The number of amides is 1. The van der Waals surface area contributed by atoms with Gasteiger partial charge in [-0.3, -0.25) is 4.79 Å². The van der Waals surface area contributed by atoms with Gasteiger partial charge in [-0.15, -0.1) is 21.5 Å². The Morgan fingerprint density at radius 3 is 2.59 bits per heavy atom. The minimum atomic E-state index is -0.414. The lowest BCUT2D eigenvalue weighted by atomic mass is 10.2. The molecule has 1 atom stereocenters. The first-order chi connectivity index (χ1) is 13.8. The zero-order valence-electron chi connectivity index (χ0n) is 17.1. The van der Waals surface area contributed by atoms with Crippen LogP contribution >= 0.6 is 23.1 Å². The van der Waals surface area contributed by atoms with Crippen molar-refractivity contribution < 1.29 is 9.18 Å². The van der Waals surface area contributed by atoms with Gasteiger partial charge in [-0.05, 0) is 38.8 Å². The summed E-state index contributed by atoms with van der Waals surface area (Å²) in [5, 5.41) is 12.1. The molecule has 1 aromatic carbocycles. The predicted octanol–water partition coefficient (Wildman–Crippen LogP) is 4.93. The van der Waals surface area contributed by atoms with E-state index in [1.807, 2.05) is 25.3 Å². The van der Waals surface area contributed by atoms with Gasteiger partial charge < -0.3 is 9.88 Å². The molecule has 9 heteroatoms. The van der Waals surface area contributed by atoms with Gasteiger partial charge in [0.05, 0.1) is 16.5 Å². The largest absolute Gasteiger partial charge is 0.302 e. The van der Waals surface area contributed by atoms with Crippen LogP contribution in [0.25, 0.3) is 11.4 Å². The highest BCUT2D eigenvalue weighted by molar-refractivity contribution is 8.00. The third-order valence-corrected chi connectivity index (χ3v) is 6.36. The van der Waals surface area contributed by atoms with Crippen molar-refractivity contribution in [3.63, 3.8) is 0 Å². The first kappa shape index (κ1) is 21.4. The first-order valence-corrected chi connectivity index (χ1v) is 11.1. The van der Waals surface area contributed by atoms with Crippen LogP contribution in [0.15, 0.2) is 29.4 Å². The number of benzene rings is 1. The maximum atomic E-state index is 14.3. The number of rotatable bonds is 7. The minimum absolute atomic E-state index is 0.157. The van der Waals surface area contributed by atoms with E-state index in [0.717, 1.165) is 10.6 Å². The maximum Gasteiger partial charge on any atom is 0.239 e. The van der Waals surface area contributed by atoms with Crippen LogP contribution in [0.4, 0.5) is 9.52 Å². The highest BCUT2D eigenvalue weighted by Crippen LogP contribution is 2.30. The lowest BCUT2D eigenvalue weighted by Crippen LogP contribution is -2.23. The summed E-state index contributed by atoms with van der Waals surface area (Å²) in [6.45, 7) is 10.5. The lowest BCUT2D eigenvalue weighted by molar-refractivity contribution is -0.115. The molecule has 154 valence electrons. The van der Waals surface area contributed by atoms with Crippen molar-refractivity contribution in [2.24, 2.45) is 5.92 Å². The summed E-state index contributed by atoms with van der Waals surface area (Å²) < 4.78 is 16.2. The van der Waals surface area contributed by atoms with Gasteiger partial charge in [-0.25, -0.2) is 9.37 Å². The van der Waals surface area contributed by atoms with Crippen molar-refractivity contribution in [2.45, 2.75) is 51.6 Å². The molecule has 2 heterocycles. The average molecular weight is 434 g/mol. The van der Waals surface area contributed by atoms with Crippen LogP contribution in [0.1, 0.15) is 31.3 Å². The van der Waals surface area contributed by atoms with E-state index in [9.17, 15) is 9.18 Å². The van der Waals surface area contributed by atoms with E-state index in [1.54, 1.807) is 18.2 Å². The fourth-order valence-electron chi connectivity index (χ4n) is 2.69. The highest BCUT2D eigenvalue weighted by Gasteiger charge is 2.23. The number of carbonyl (C=O) groups is 1. The normalized spacial score (nSPS) is 12.4. The molecule has 0 spiro atoms. The molecule has 0 radical (unpaired) electrons. The number of hydrogen-bond donors (Lipinski definition) is 1. The van der Waals surface area contributed by atoms with Gasteiger partial charge in [0.25, 0.3) is 0 Å². The van der Waals surface area contributed by atoms with Crippen LogP contribution < -0.4 is 5.32 Å². The van der Waals surface area contributed by atoms with Crippen molar-refractivity contribution in [3.05, 3.63) is 40.7 Å². The molecule has 2 aromatic heterocycles. The van der Waals surface area contributed by atoms with Crippen LogP contribution in [-0.2, 0) is 11.3 Å². The number of halogens is 1. The van der Waals surface area contributed by atoms with Crippen LogP contribution in [0.5, 0.6) is 0 Å². The fraction of sp³-hybridized carbons (Fsp3) is 0.400. The number of hydrogen-bond acceptors (Lipinski definition) is 6. The molecule has 0 aliphatic rings. The molecule has 0 bridgehead atoms. The molecular formula is C20H24FN5OS2. The Morgan fingerprint density at radius 1 is 1.24 bits per heavy atom. The monoisotopic (exact) mass is 433 g/mol. The van der Waals surface area contributed by atoms with Crippen molar-refractivity contribution in [1.82, 2.24) is 19.7 Å². The van der Waals surface area contributed by atoms with E-state index in [0.29, 0.717) is 34.1 Å². The van der Waals surface area contributed by atoms with E-state index in [4.69, 9.17) is 0 Å². The van der Waals surface area contributed by atoms with Crippen LogP contribution in [0.2, 0.25) is 0 Å². The Balaban J connectivity index is 1.82. The zero-order valence-corrected chi connectivity index (χ0v) is 18.7. The van der Waals surface area contributed by atoms with Crippen molar-refractivity contribution >= 4 is 34.1 Å². The number of nitrogens with zero attached hydrogens (tertiary/aromatic N) is 4. The fourth-order valence-corrected chi connectivity index (χ4v) is 4.37. The second-order valence-corrected chi connectivity index (χ2v) is 9.71. The van der Waals surface area contributed by atoms with E-state index in [2.05, 4.69) is 34.3 Å². The lowest BCUT2D eigenvalue weighted by Gasteiger charge is -2.15. The highest BCUT2D eigenvalue weighted by atomic mass is 32.2. The SMILES string of the molecule is Cc1nc(NC(=O)C(C)Sc2nnc(-c3ccccc3F)n2CC(C)C)sc1C. The van der Waals surface area contributed by atoms with Gasteiger partial charge in [0.2, 0.25) is 5.91 Å². The Bertz CT molecular complexity index is 995. The number of anilines is 1. The maximum absolute atomic E-state index is 14.3. The summed E-state index contributed by atoms with van der Waals surface area (Å²) >= 11 is 2.76. The Kier molecular flexibility index (Phi) is 6.69. The van der Waals surface area contributed by atoms with Crippen molar-refractivity contribution in [2.75, 3.05) is 5.32 Å².